The number of carbonyl (C=O) groups excluding carboxylic acids is 3. The molecule has 1 N–H and O–H groups in total. The number of amides is 2. The van der Waals surface area contributed by atoms with Crippen LogP contribution in [-0.4, -0.2) is 35.8 Å². The van der Waals surface area contributed by atoms with E-state index in [0.29, 0.717) is 18.7 Å². The van der Waals surface area contributed by atoms with Crippen LogP contribution < -0.4 is 10.1 Å². The summed E-state index contributed by atoms with van der Waals surface area (Å²) in [6.07, 6.45) is 1.16. The molecule has 0 aromatic heterocycles. The molecular weight excluding hydrogens is 358 g/mol. The molecule has 27 heavy (non-hydrogen) atoms. The third-order valence-electron chi connectivity index (χ3n) is 4.00. The molecule has 1 saturated heterocycles. The van der Waals surface area contributed by atoms with E-state index in [1.54, 1.807) is 6.07 Å². The Labute approximate surface area is 153 Å². The van der Waals surface area contributed by atoms with Crippen LogP contribution in [0.1, 0.15) is 23.2 Å². The number of ether oxygens (including phenoxy) is 1. The summed E-state index contributed by atoms with van der Waals surface area (Å²) in [7, 11) is 0. The first-order valence-corrected chi connectivity index (χ1v) is 8.28. The highest BCUT2D eigenvalue weighted by Crippen LogP contribution is 2.21. The zero-order valence-corrected chi connectivity index (χ0v) is 14.2. The minimum Gasteiger partial charge on any atom is -0.423 e. The fourth-order valence-corrected chi connectivity index (χ4v) is 2.73. The largest absolute Gasteiger partial charge is 0.423 e. The number of hydrogen-bond donors (Lipinski definition) is 1. The quantitative estimate of drug-likeness (QED) is 0.645. The molecule has 0 aliphatic carbocycles. The summed E-state index contributed by atoms with van der Waals surface area (Å²) < 4.78 is 32.3. The Morgan fingerprint density at radius 1 is 1.11 bits per heavy atom. The maximum atomic E-state index is 13.7. The molecular formula is C19H16F2N2O4. The molecule has 0 saturated carbocycles. The van der Waals surface area contributed by atoms with Gasteiger partial charge < -0.3 is 15.0 Å². The molecule has 0 atom stereocenters. The third-order valence-corrected chi connectivity index (χ3v) is 4.00. The van der Waals surface area contributed by atoms with Crippen molar-refractivity contribution in [2.24, 2.45) is 0 Å². The van der Waals surface area contributed by atoms with E-state index >= 15 is 0 Å². The lowest BCUT2D eigenvalue weighted by atomic mass is 10.2. The average Bonchev–Trinajstić information content (AvgIpc) is 2.99. The minimum atomic E-state index is -1.18. The van der Waals surface area contributed by atoms with E-state index in [4.69, 9.17) is 4.74 Å². The number of benzene rings is 2. The van der Waals surface area contributed by atoms with Gasteiger partial charge in [-0.15, -0.1) is 0 Å². The van der Waals surface area contributed by atoms with Crippen LogP contribution in [0.4, 0.5) is 14.5 Å². The highest BCUT2D eigenvalue weighted by molar-refractivity contribution is 5.95. The van der Waals surface area contributed by atoms with Crippen molar-refractivity contribution in [3.63, 3.8) is 0 Å². The van der Waals surface area contributed by atoms with Crippen LogP contribution in [0.25, 0.3) is 0 Å². The standard InChI is InChI=1S/C19H16F2N2O4/c20-14-6-2-7-15(21)18(14)19(26)27-13-5-1-4-12(10-13)22-16(24)11-23-9-3-8-17(23)25/h1-2,4-7,10H,3,8-9,11H2,(H,22,24). The van der Waals surface area contributed by atoms with Gasteiger partial charge >= 0.3 is 5.97 Å². The zero-order valence-electron chi connectivity index (χ0n) is 14.2. The number of nitrogens with zero attached hydrogens (tertiary/aromatic N) is 1. The van der Waals surface area contributed by atoms with Crippen LogP contribution in [-0.2, 0) is 9.59 Å². The van der Waals surface area contributed by atoms with E-state index in [0.717, 1.165) is 24.6 Å². The van der Waals surface area contributed by atoms with E-state index in [2.05, 4.69) is 5.32 Å². The van der Waals surface area contributed by atoms with Crippen molar-refractivity contribution in [1.29, 1.82) is 0 Å². The van der Waals surface area contributed by atoms with Gasteiger partial charge in [-0.3, -0.25) is 9.59 Å². The molecule has 1 fully saturated rings. The molecule has 0 bridgehead atoms. The minimum absolute atomic E-state index is 0.0118. The molecule has 0 spiro atoms. The maximum Gasteiger partial charge on any atom is 0.349 e. The number of halogens is 2. The van der Waals surface area contributed by atoms with Crippen molar-refractivity contribution in [1.82, 2.24) is 4.90 Å². The second kappa shape index (κ2) is 7.94. The molecule has 1 heterocycles. The number of carbonyl (C=O) groups is 3. The van der Waals surface area contributed by atoms with Crippen molar-refractivity contribution < 1.29 is 27.9 Å². The van der Waals surface area contributed by atoms with Gasteiger partial charge in [-0.05, 0) is 30.7 Å². The summed E-state index contributed by atoms with van der Waals surface area (Å²) in [4.78, 5) is 37.1. The predicted octanol–water partition coefficient (Wildman–Crippen LogP) is 2.74. The van der Waals surface area contributed by atoms with E-state index in [9.17, 15) is 23.2 Å². The Kier molecular flexibility index (Phi) is 5.44. The van der Waals surface area contributed by atoms with E-state index in [1.165, 1.54) is 23.1 Å². The van der Waals surface area contributed by atoms with Gasteiger partial charge in [0, 0.05) is 24.7 Å². The van der Waals surface area contributed by atoms with Gasteiger partial charge in [-0.25, -0.2) is 13.6 Å². The summed E-state index contributed by atoms with van der Waals surface area (Å²) in [5.41, 5.74) is -0.467. The Morgan fingerprint density at radius 2 is 1.81 bits per heavy atom. The Morgan fingerprint density at radius 3 is 2.48 bits per heavy atom. The maximum absolute atomic E-state index is 13.7. The lowest BCUT2D eigenvalue weighted by Crippen LogP contribution is -2.33. The zero-order chi connectivity index (χ0) is 19.4. The monoisotopic (exact) mass is 374 g/mol. The summed E-state index contributed by atoms with van der Waals surface area (Å²) in [6, 6.07) is 8.88. The Bertz CT molecular complexity index is 881. The second-order valence-electron chi connectivity index (χ2n) is 5.98. The van der Waals surface area contributed by atoms with Gasteiger partial charge in [-0.1, -0.05) is 12.1 Å². The van der Waals surface area contributed by atoms with Gasteiger partial charge in [0.2, 0.25) is 11.8 Å². The first-order valence-electron chi connectivity index (χ1n) is 8.28. The molecule has 1 aliphatic heterocycles. The molecule has 0 unspecified atom stereocenters. The number of nitrogens with one attached hydrogen (secondary N) is 1. The van der Waals surface area contributed by atoms with Crippen LogP contribution in [0.3, 0.4) is 0 Å². The van der Waals surface area contributed by atoms with Crippen LogP contribution >= 0.6 is 0 Å². The van der Waals surface area contributed by atoms with Crippen LogP contribution in [0.5, 0.6) is 5.75 Å². The summed E-state index contributed by atoms with van der Waals surface area (Å²) in [5.74, 6) is -3.69. The van der Waals surface area contributed by atoms with Crippen molar-refractivity contribution in [3.8, 4) is 5.75 Å². The number of anilines is 1. The fraction of sp³-hybridized carbons (Fsp3) is 0.211. The van der Waals surface area contributed by atoms with Crippen LogP contribution in [0, 0.1) is 11.6 Å². The highest BCUT2D eigenvalue weighted by Gasteiger charge is 2.22. The average molecular weight is 374 g/mol. The summed E-state index contributed by atoms with van der Waals surface area (Å²) >= 11 is 0. The summed E-state index contributed by atoms with van der Waals surface area (Å²) in [5, 5.41) is 2.59. The topological polar surface area (TPSA) is 75.7 Å². The lowest BCUT2D eigenvalue weighted by molar-refractivity contribution is -0.131. The first kappa shape index (κ1) is 18.5. The van der Waals surface area contributed by atoms with Crippen molar-refractivity contribution >= 4 is 23.5 Å². The summed E-state index contributed by atoms with van der Waals surface area (Å²) in [6.45, 7) is 0.474. The third kappa shape index (κ3) is 4.46. The smallest absolute Gasteiger partial charge is 0.349 e. The first-order chi connectivity index (χ1) is 12.9. The number of rotatable bonds is 5. The molecule has 8 heteroatoms. The highest BCUT2D eigenvalue weighted by atomic mass is 19.1. The number of likely N-dealkylation sites (tertiary alicyclic amines) is 1. The van der Waals surface area contributed by atoms with Gasteiger partial charge in [0.05, 0.1) is 6.54 Å². The van der Waals surface area contributed by atoms with E-state index in [-0.39, 0.29) is 18.2 Å². The van der Waals surface area contributed by atoms with Crippen LogP contribution in [0.2, 0.25) is 0 Å². The predicted molar refractivity (Wildman–Crippen MR) is 92.2 cm³/mol. The van der Waals surface area contributed by atoms with Gasteiger partial charge in [0.25, 0.3) is 0 Å². The van der Waals surface area contributed by atoms with Crippen molar-refractivity contribution in [2.75, 3.05) is 18.4 Å². The molecule has 1 aliphatic rings. The van der Waals surface area contributed by atoms with Gasteiger partial charge in [-0.2, -0.15) is 0 Å². The number of hydrogen-bond acceptors (Lipinski definition) is 4. The molecule has 2 aromatic carbocycles. The Hall–Kier alpha value is -3.29. The molecule has 140 valence electrons. The molecule has 2 amide bonds. The van der Waals surface area contributed by atoms with Crippen molar-refractivity contribution in [3.05, 3.63) is 59.7 Å². The molecule has 3 rings (SSSR count). The number of esters is 1. The second-order valence-corrected chi connectivity index (χ2v) is 5.98. The normalized spacial score (nSPS) is 13.6. The lowest BCUT2D eigenvalue weighted by Gasteiger charge is -2.15. The molecule has 2 aromatic rings. The fourth-order valence-electron chi connectivity index (χ4n) is 2.73. The Balaban J connectivity index is 1.66. The van der Waals surface area contributed by atoms with Gasteiger partial charge in [0.1, 0.15) is 22.9 Å². The molecule has 0 radical (unpaired) electrons. The van der Waals surface area contributed by atoms with E-state index < -0.39 is 29.1 Å². The van der Waals surface area contributed by atoms with Gasteiger partial charge in [0.15, 0.2) is 0 Å². The SMILES string of the molecule is O=C(CN1CCCC1=O)Nc1cccc(OC(=O)c2c(F)cccc2F)c1. The van der Waals surface area contributed by atoms with Crippen LogP contribution in [0.15, 0.2) is 42.5 Å². The molecule has 6 nitrogen and oxygen atoms in total. The van der Waals surface area contributed by atoms with Crippen molar-refractivity contribution in [2.45, 2.75) is 12.8 Å². The van der Waals surface area contributed by atoms with E-state index in [1.807, 2.05) is 0 Å².